The first kappa shape index (κ1) is 20.9. The standard InChI is InChI=1S/C23H21FN4O2S/c1-14-25-12-17-20(26-14)11-23(2,28-21(17)31)18-10-16(8-9-19(18)24)27-22(29)30-13-15-6-4-3-5-7-15/h3-10,12H,11,13H2,1-2H3,(H,27,29)(H,28,31)/t23-/m0/s1. The van der Waals surface area contributed by atoms with Crippen LogP contribution in [-0.2, 0) is 23.3 Å². The van der Waals surface area contributed by atoms with Gasteiger partial charge in [0.1, 0.15) is 23.2 Å². The zero-order valence-corrected chi connectivity index (χ0v) is 17.9. The van der Waals surface area contributed by atoms with Crippen LogP contribution in [0.4, 0.5) is 14.9 Å². The van der Waals surface area contributed by atoms with Crippen molar-refractivity contribution in [3.63, 3.8) is 0 Å². The number of aromatic nitrogens is 2. The summed E-state index contributed by atoms with van der Waals surface area (Å²) in [5, 5.41) is 5.88. The van der Waals surface area contributed by atoms with Gasteiger partial charge in [0.05, 0.1) is 11.2 Å². The zero-order chi connectivity index (χ0) is 22.0. The number of benzene rings is 2. The number of nitrogens with one attached hydrogen (secondary N) is 2. The van der Waals surface area contributed by atoms with Crippen molar-refractivity contribution in [2.75, 3.05) is 5.32 Å². The van der Waals surface area contributed by atoms with Crippen LogP contribution < -0.4 is 10.6 Å². The molecule has 8 heteroatoms. The number of ether oxygens (including phenoxy) is 1. The third-order valence-corrected chi connectivity index (χ3v) is 5.49. The molecule has 0 fully saturated rings. The van der Waals surface area contributed by atoms with Crippen molar-refractivity contribution in [2.24, 2.45) is 0 Å². The van der Waals surface area contributed by atoms with Crippen molar-refractivity contribution >= 4 is 29.0 Å². The van der Waals surface area contributed by atoms with Gasteiger partial charge in [-0.15, -0.1) is 0 Å². The number of aryl methyl sites for hydroxylation is 1. The molecule has 0 aliphatic carbocycles. The summed E-state index contributed by atoms with van der Waals surface area (Å²) < 4.78 is 20.1. The molecule has 0 spiro atoms. The third kappa shape index (κ3) is 4.54. The van der Waals surface area contributed by atoms with Gasteiger partial charge in [-0.3, -0.25) is 5.32 Å². The monoisotopic (exact) mass is 436 g/mol. The van der Waals surface area contributed by atoms with E-state index in [1.807, 2.05) is 37.3 Å². The van der Waals surface area contributed by atoms with E-state index in [0.29, 0.717) is 28.5 Å². The molecule has 1 atom stereocenters. The fourth-order valence-electron chi connectivity index (χ4n) is 3.60. The van der Waals surface area contributed by atoms with E-state index in [-0.39, 0.29) is 6.61 Å². The first-order valence-electron chi connectivity index (χ1n) is 9.77. The van der Waals surface area contributed by atoms with E-state index in [9.17, 15) is 9.18 Å². The summed E-state index contributed by atoms with van der Waals surface area (Å²) in [5.41, 5.74) is 2.35. The number of carbonyl (C=O) groups excluding carboxylic acids is 1. The maximum absolute atomic E-state index is 14.8. The highest BCUT2D eigenvalue weighted by Crippen LogP contribution is 2.33. The lowest BCUT2D eigenvalue weighted by molar-refractivity contribution is 0.155. The molecule has 2 heterocycles. The minimum atomic E-state index is -0.833. The van der Waals surface area contributed by atoms with E-state index in [4.69, 9.17) is 17.0 Å². The second kappa shape index (κ2) is 8.39. The lowest BCUT2D eigenvalue weighted by Crippen LogP contribution is -2.49. The smallest absolute Gasteiger partial charge is 0.411 e. The number of nitrogens with zero attached hydrogens (tertiary/aromatic N) is 2. The lowest BCUT2D eigenvalue weighted by atomic mass is 9.82. The van der Waals surface area contributed by atoms with Gasteiger partial charge in [0.25, 0.3) is 0 Å². The van der Waals surface area contributed by atoms with Crippen LogP contribution in [0.25, 0.3) is 0 Å². The Bertz CT molecular complexity index is 1160. The number of halogens is 1. The van der Waals surface area contributed by atoms with Crippen LogP contribution in [0.2, 0.25) is 0 Å². The van der Waals surface area contributed by atoms with Crippen LogP contribution in [-0.4, -0.2) is 21.0 Å². The number of fused-ring (bicyclic) bond motifs is 1. The Morgan fingerprint density at radius 2 is 2.06 bits per heavy atom. The quantitative estimate of drug-likeness (QED) is 0.590. The minimum absolute atomic E-state index is 0.143. The Hall–Kier alpha value is -3.39. The van der Waals surface area contributed by atoms with Crippen molar-refractivity contribution in [3.8, 4) is 0 Å². The van der Waals surface area contributed by atoms with Crippen LogP contribution in [0.3, 0.4) is 0 Å². The number of anilines is 1. The molecule has 1 aliphatic rings. The Kier molecular flexibility index (Phi) is 5.65. The molecule has 0 unspecified atom stereocenters. The van der Waals surface area contributed by atoms with Gasteiger partial charge in [-0.25, -0.2) is 19.2 Å². The largest absolute Gasteiger partial charge is 0.444 e. The number of rotatable bonds is 4. The van der Waals surface area contributed by atoms with E-state index in [2.05, 4.69) is 20.6 Å². The predicted octanol–water partition coefficient (Wildman–Crippen LogP) is 4.41. The molecule has 1 amide bonds. The van der Waals surface area contributed by atoms with Crippen LogP contribution in [0.15, 0.2) is 54.7 Å². The summed E-state index contributed by atoms with van der Waals surface area (Å²) in [6, 6.07) is 13.8. The molecule has 1 aliphatic heterocycles. The van der Waals surface area contributed by atoms with Gasteiger partial charge in [0.2, 0.25) is 0 Å². The molecule has 1 aromatic heterocycles. The average Bonchev–Trinajstić information content (AvgIpc) is 2.74. The number of amides is 1. The number of hydrogen-bond donors (Lipinski definition) is 2. The molecule has 2 aromatic carbocycles. The first-order valence-corrected chi connectivity index (χ1v) is 10.2. The van der Waals surface area contributed by atoms with E-state index in [1.54, 1.807) is 19.2 Å². The first-order chi connectivity index (χ1) is 14.8. The molecule has 3 aromatic rings. The van der Waals surface area contributed by atoms with Crippen LogP contribution in [0, 0.1) is 12.7 Å². The van der Waals surface area contributed by atoms with Gasteiger partial charge in [0.15, 0.2) is 0 Å². The zero-order valence-electron chi connectivity index (χ0n) is 17.1. The lowest BCUT2D eigenvalue weighted by Gasteiger charge is -2.37. The second-order valence-corrected chi connectivity index (χ2v) is 8.03. The Morgan fingerprint density at radius 3 is 2.84 bits per heavy atom. The number of hydrogen-bond acceptors (Lipinski definition) is 5. The van der Waals surface area contributed by atoms with E-state index < -0.39 is 17.4 Å². The molecule has 4 rings (SSSR count). The van der Waals surface area contributed by atoms with E-state index in [1.165, 1.54) is 12.1 Å². The summed E-state index contributed by atoms with van der Waals surface area (Å²) in [5.74, 6) is 0.220. The fraction of sp³-hybridized carbons (Fsp3) is 0.217. The van der Waals surface area contributed by atoms with Crippen molar-refractivity contribution < 1.29 is 13.9 Å². The number of carbonyl (C=O) groups is 1. The van der Waals surface area contributed by atoms with Crippen LogP contribution in [0.5, 0.6) is 0 Å². The van der Waals surface area contributed by atoms with Crippen LogP contribution in [0.1, 0.15) is 35.1 Å². The highest BCUT2D eigenvalue weighted by atomic mass is 32.1. The highest BCUT2D eigenvalue weighted by molar-refractivity contribution is 7.80. The maximum atomic E-state index is 14.8. The van der Waals surface area contributed by atoms with Gasteiger partial charge < -0.3 is 10.1 Å². The Balaban J connectivity index is 1.53. The van der Waals surface area contributed by atoms with Crippen molar-refractivity contribution in [1.29, 1.82) is 0 Å². The topological polar surface area (TPSA) is 76.1 Å². The van der Waals surface area contributed by atoms with Crippen LogP contribution >= 0.6 is 12.2 Å². The van der Waals surface area contributed by atoms with Crippen molar-refractivity contribution in [3.05, 3.63) is 88.8 Å². The highest BCUT2D eigenvalue weighted by Gasteiger charge is 2.37. The fourth-order valence-corrected chi connectivity index (χ4v) is 4.00. The average molecular weight is 437 g/mol. The molecule has 6 nitrogen and oxygen atoms in total. The normalized spacial score (nSPS) is 17.5. The van der Waals surface area contributed by atoms with E-state index in [0.717, 1.165) is 16.8 Å². The van der Waals surface area contributed by atoms with Gasteiger partial charge in [-0.2, -0.15) is 0 Å². The van der Waals surface area contributed by atoms with Crippen molar-refractivity contribution in [2.45, 2.75) is 32.4 Å². The molecule has 0 saturated carbocycles. The minimum Gasteiger partial charge on any atom is -0.444 e. The summed E-state index contributed by atoms with van der Waals surface area (Å²) in [7, 11) is 0. The summed E-state index contributed by atoms with van der Waals surface area (Å²) >= 11 is 5.48. The summed E-state index contributed by atoms with van der Waals surface area (Å²) in [6.07, 6.45) is 1.49. The number of thiocarbonyl (C=S) groups is 1. The molecule has 0 saturated heterocycles. The predicted molar refractivity (Wildman–Crippen MR) is 119 cm³/mol. The molecule has 0 bridgehead atoms. The molecule has 0 radical (unpaired) electrons. The van der Waals surface area contributed by atoms with Gasteiger partial charge in [-0.1, -0.05) is 42.5 Å². The van der Waals surface area contributed by atoms with Gasteiger partial charge in [-0.05, 0) is 37.6 Å². The third-order valence-electron chi connectivity index (χ3n) is 5.16. The van der Waals surface area contributed by atoms with Gasteiger partial charge in [0, 0.05) is 29.4 Å². The molecule has 158 valence electrons. The summed E-state index contributed by atoms with van der Waals surface area (Å²) in [6.45, 7) is 3.80. The molecular weight excluding hydrogens is 415 g/mol. The second-order valence-electron chi connectivity index (χ2n) is 7.62. The summed E-state index contributed by atoms with van der Waals surface area (Å²) in [4.78, 5) is 21.4. The SMILES string of the molecule is Cc1ncc2c(n1)C[C@@](C)(c1cc(NC(=O)OCc3ccccc3)ccc1F)NC2=S. The maximum Gasteiger partial charge on any atom is 0.411 e. The van der Waals surface area contributed by atoms with Crippen molar-refractivity contribution in [1.82, 2.24) is 15.3 Å². The van der Waals surface area contributed by atoms with Gasteiger partial charge >= 0.3 is 6.09 Å². The Morgan fingerprint density at radius 1 is 1.29 bits per heavy atom. The molecular formula is C23H21FN4O2S. The Labute approximate surface area is 184 Å². The van der Waals surface area contributed by atoms with E-state index >= 15 is 0 Å². The molecule has 31 heavy (non-hydrogen) atoms. The molecule has 2 N–H and O–H groups in total.